The van der Waals surface area contributed by atoms with Crippen molar-refractivity contribution in [2.45, 2.75) is 156 Å². The van der Waals surface area contributed by atoms with Crippen LogP contribution in [-0.4, -0.2) is 211 Å². The van der Waals surface area contributed by atoms with Crippen molar-refractivity contribution < 1.29 is 81.5 Å². The number of amides is 10. The van der Waals surface area contributed by atoms with Crippen molar-refractivity contribution in [1.82, 2.24) is 50.8 Å². The molecule has 2 saturated carbocycles. The number of nitrogens with two attached hydrogens (primary N) is 1. The third kappa shape index (κ3) is 23.7. The summed E-state index contributed by atoms with van der Waals surface area (Å²) in [7, 11) is 1.67. The monoisotopic (exact) mass is 1590 g/mol. The number of anilines is 3. The summed E-state index contributed by atoms with van der Waals surface area (Å²) < 4.78 is 37.9. The zero-order valence-corrected chi connectivity index (χ0v) is 67.2. The molecule has 0 spiro atoms. The van der Waals surface area contributed by atoms with Gasteiger partial charge >= 0.3 is 18.1 Å². The van der Waals surface area contributed by atoms with E-state index in [4.69, 9.17) is 44.2 Å². The highest BCUT2D eigenvalue weighted by atomic mass is 32.1. The van der Waals surface area contributed by atoms with Gasteiger partial charge in [0.15, 0.2) is 10.8 Å². The lowest BCUT2D eigenvalue weighted by molar-refractivity contribution is -0.198. The van der Waals surface area contributed by atoms with E-state index in [0.717, 1.165) is 70.5 Å². The van der Waals surface area contributed by atoms with E-state index < -0.39 is 65.3 Å². The average Bonchev–Trinajstić information content (AvgIpc) is 0.787. The number of benzene rings is 3. The third-order valence-corrected chi connectivity index (χ3v) is 22.2. The van der Waals surface area contributed by atoms with Gasteiger partial charge in [0.2, 0.25) is 23.6 Å². The first-order valence-electron chi connectivity index (χ1n) is 39.0. The van der Waals surface area contributed by atoms with Crippen LogP contribution in [0.5, 0.6) is 0 Å². The number of ether oxygens (including phenoxy) is 6. The maximum Gasteiger partial charge on any atom is 0.409 e. The first kappa shape index (κ1) is 86.2. The highest BCUT2D eigenvalue weighted by Gasteiger charge is 2.59. The number of nitrogens with zero attached hydrogens (tertiary/aromatic N) is 7. The predicted octanol–water partition coefficient (Wildman–Crippen LogP) is 8.71. The van der Waals surface area contributed by atoms with Crippen LogP contribution in [0.4, 0.5) is 26.2 Å². The van der Waals surface area contributed by atoms with Crippen LogP contribution in [0.1, 0.15) is 149 Å². The van der Waals surface area contributed by atoms with Gasteiger partial charge in [0.05, 0.1) is 81.5 Å². The lowest BCUT2D eigenvalue weighted by Crippen LogP contribution is -2.58. The maximum atomic E-state index is 13.9. The molecule has 0 saturated heterocycles. The highest BCUT2D eigenvalue weighted by Crippen LogP contribution is 2.64. The van der Waals surface area contributed by atoms with Crippen LogP contribution in [0.3, 0.4) is 0 Å². The number of hydrogen-bond acceptors (Lipinski definition) is 21. The van der Waals surface area contributed by atoms with Crippen molar-refractivity contribution in [2.24, 2.45) is 27.9 Å². The molecule has 9 N–H and O–H groups in total. The number of rotatable bonds is 42. The number of thiazole rings is 1. The summed E-state index contributed by atoms with van der Waals surface area (Å²) in [6.07, 6.45) is 9.70. The van der Waals surface area contributed by atoms with Gasteiger partial charge in [-0.05, 0) is 146 Å². The van der Waals surface area contributed by atoms with Crippen LogP contribution in [0.2, 0.25) is 0 Å². The summed E-state index contributed by atoms with van der Waals surface area (Å²) in [5.41, 5.74) is 10.6. The van der Waals surface area contributed by atoms with E-state index in [-0.39, 0.29) is 138 Å². The first-order chi connectivity index (χ1) is 54.5. The van der Waals surface area contributed by atoms with Gasteiger partial charge in [0.1, 0.15) is 24.5 Å². The molecule has 10 rings (SSSR count). The Kier molecular flexibility index (Phi) is 30.0. The molecular formula is C82H108N14O17S. The number of urea groups is 1. The SMILES string of the molecule is CCC1(Cn2ncc(-c3ccc(N4CCc5cccc(C(=O)Nc6nc7ccccc7s6)c5C4)nc3C(=O)O)c2C)CC2(C)CC(C)(C)CC(OCCN(C)C(=O)OCc3ccc(NC(=O)[C@H](CCCNC(N)=O)NC(=O)C(NC(=O)CCOCCOCCOCCOCCNC(=O)CCN4C(=O)C=CC4=O)C(C)C)cc3)(C2)C1. The Balaban J connectivity index is 0.654. The number of likely N-dealkylation sites (N-methyl/N-ethyl adjacent to an activating group) is 1. The number of imide groups is 1. The minimum atomic E-state index is -1.16. The molecule has 3 aromatic carbocycles. The minimum Gasteiger partial charge on any atom is -0.476 e. The summed E-state index contributed by atoms with van der Waals surface area (Å²) in [6.45, 7) is 19.0. The fourth-order valence-corrected chi connectivity index (χ4v) is 17.3. The van der Waals surface area contributed by atoms with Crippen molar-refractivity contribution in [3.63, 3.8) is 0 Å². The van der Waals surface area contributed by atoms with Crippen molar-refractivity contribution >= 4 is 97.6 Å². The molecule has 4 unspecified atom stereocenters. The molecule has 3 aromatic heterocycles. The second-order valence-electron chi connectivity index (χ2n) is 31.4. The number of carbonyl (C=O) groups is 10. The van der Waals surface area contributed by atoms with Crippen LogP contribution < -0.4 is 42.5 Å². The van der Waals surface area contributed by atoms with Gasteiger partial charge in [-0.1, -0.05) is 89.3 Å². The Bertz CT molecular complexity index is 4400. The van der Waals surface area contributed by atoms with Gasteiger partial charge in [-0.2, -0.15) is 5.10 Å². The van der Waals surface area contributed by atoms with Crippen molar-refractivity contribution in [3.8, 4) is 11.1 Å². The van der Waals surface area contributed by atoms with Crippen molar-refractivity contribution in [3.05, 3.63) is 131 Å². The number of pyridine rings is 1. The second-order valence-corrected chi connectivity index (χ2v) is 32.4. The Morgan fingerprint density at radius 2 is 1.44 bits per heavy atom. The zero-order chi connectivity index (χ0) is 81.7. The number of fused-ring (bicyclic) bond motifs is 4. The highest BCUT2D eigenvalue weighted by molar-refractivity contribution is 7.22. The predicted molar refractivity (Wildman–Crippen MR) is 427 cm³/mol. The summed E-state index contributed by atoms with van der Waals surface area (Å²) in [4.78, 5) is 142. The number of primary amides is 1. The fraction of sp³-hybridized carbons (Fsp3) is 0.524. The van der Waals surface area contributed by atoms with Crippen LogP contribution in [0, 0.1) is 29.1 Å². The molecule has 10 amide bonds. The van der Waals surface area contributed by atoms with Crippen molar-refractivity contribution in [2.75, 3.05) is 115 Å². The van der Waals surface area contributed by atoms with E-state index >= 15 is 0 Å². The minimum absolute atomic E-state index is 0.00438. The molecule has 114 heavy (non-hydrogen) atoms. The third-order valence-electron chi connectivity index (χ3n) is 21.2. The maximum absolute atomic E-state index is 13.9. The standard InChI is InChI=1S/C82H108N14O17S/c1-9-81(52-96-54(4)60(44-86-96)58-23-24-65(90-71(58)75(104)105)94-32-27-56-14-12-15-59(61(56)45-94)72(101)92-77-89-62-16-10-11-18-64(62)114-77)49-80(7)47-79(5,6)48-82(50-80,51-81)113-37-34-93(8)78(107)112-46-55-19-21-57(22-20-55)87-73(102)63(17-13-30-85-76(83)106)88-74(103)70(53(2)3)91-67(98)29-35-108-38-40-110-42-43-111-41-39-109-36-31-84-66(97)28-33-95-68(99)25-26-69(95)100/h10-12,14-16,18-26,44,53,63,70H,9,13,17,27-43,45-52H2,1-8H3,(H,84,97)(H,87,102)(H,88,103)(H,91,98)(H,104,105)(H3,83,85,106)(H,89,92,101)/t63-,70?,80?,81?,82?/m0/s1. The average molecular weight is 1590 g/mol. The number of carbonyl (C=O) groups excluding carboxylic acids is 9. The number of aromatic carboxylic acids is 1. The molecule has 2 bridgehead atoms. The lowest BCUT2D eigenvalue weighted by atomic mass is 9.47. The number of para-hydroxylation sites is 1. The molecular weight excluding hydrogens is 1490 g/mol. The number of carboxylic acids is 1. The van der Waals surface area contributed by atoms with E-state index in [1.807, 2.05) is 65.0 Å². The summed E-state index contributed by atoms with van der Waals surface area (Å²) in [5, 5.41) is 32.8. The Morgan fingerprint density at radius 1 is 0.728 bits per heavy atom. The van der Waals surface area contributed by atoms with Gasteiger partial charge in [-0.15, -0.1) is 0 Å². The molecule has 6 aromatic rings. The van der Waals surface area contributed by atoms with Crippen molar-refractivity contribution in [1.29, 1.82) is 0 Å². The molecule has 2 aliphatic heterocycles. The van der Waals surface area contributed by atoms with Gasteiger partial charge < -0.3 is 75.6 Å². The lowest BCUT2D eigenvalue weighted by Gasteiger charge is -2.62. The van der Waals surface area contributed by atoms with Crippen LogP contribution in [0.25, 0.3) is 21.3 Å². The van der Waals surface area contributed by atoms with E-state index in [0.29, 0.717) is 84.8 Å². The van der Waals surface area contributed by atoms with E-state index in [1.54, 1.807) is 57.4 Å². The molecule has 614 valence electrons. The largest absolute Gasteiger partial charge is 0.476 e. The molecule has 2 fully saturated rings. The van der Waals surface area contributed by atoms with Gasteiger partial charge in [-0.25, -0.2) is 24.4 Å². The van der Waals surface area contributed by atoms with Gasteiger partial charge in [0.25, 0.3) is 17.7 Å². The summed E-state index contributed by atoms with van der Waals surface area (Å²) >= 11 is 1.41. The van der Waals surface area contributed by atoms with Crippen LogP contribution in [-0.2, 0) is 83.3 Å². The Morgan fingerprint density at radius 3 is 2.13 bits per heavy atom. The molecule has 4 aliphatic rings. The molecule has 2 aliphatic carbocycles. The number of carboxylic acid groups (broad SMARTS) is 1. The molecule has 31 nitrogen and oxygen atoms in total. The van der Waals surface area contributed by atoms with Gasteiger partial charge in [0, 0.05) is 106 Å². The van der Waals surface area contributed by atoms with E-state index in [1.165, 1.54) is 28.4 Å². The summed E-state index contributed by atoms with van der Waals surface area (Å²) in [6, 6.07) is 21.0. The van der Waals surface area contributed by atoms with E-state index in [9.17, 15) is 53.1 Å². The van der Waals surface area contributed by atoms with Crippen LogP contribution in [0.15, 0.2) is 97.2 Å². The fourth-order valence-electron chi connectivity index (χ4n) is 16.4. The zero-order valence-electron chi connectivity index (χ0n) is 66.4. The quantitative estimate of drug-likeness (QED) is 0.0131. The molecule has 0 radical (unpaired) electrons. The number of nitrogens with one attached hydrogen (secondary N) is 6. The topological polar surface area (TPSA) is 398 Å². The van der Waals surface area contributed by atoms with Gasteiger partial charge in [-0.3, -0.25) is 48.5 Å². The Hall–Kier alpha value is -10.2. The smallest absolute Gasteiger partial charge is 0.409 e. The molecule has 5 atom stereocenters. The molecule has 32 heteroatoms. The molecule has 5 heterocycles. The number of aromatic nitrogens is 4. The normalized spacial score (nSPS) is 18.7. The van der Waals surface area contributed by atoms with Crippen LogP contribution >= 0.6 is 11.3 Å². The summed E-state index contributed by atoms with van der Waals surface area (Å²) in [5.74, 6) is -4.07. The Labute approximate surface area is 667 Å². The number of hydrogen-bond donors (Lipinski definition) is 8. The first-order valence-corrected chi connectivity index (χ1v) is 39.8. The van der Waals surface area contributed by atoms with E-state index in [2.05, 4.69) is 64.6 Å². The second kappa shape index (κ2) is 39.7.